The molecule has 0 saturated carbocycles. The SMILES string of the molecule is c1ccc(-c2ccc(N(c3ccc4cc(-c5ccccc5-c5ccccc5-c5ccccc5-c5ccccc5)ccc4c3)c3cccc4ccccc34)cc2)cc1. The molecular weight excluding hydrogens is 687 g/mol. The van der Waals surface area contributed by atoms with Crippen molar-refractivity contribution in [3.8, 4) is 55.6 Å². The van der Waals surface area contributed by atoms with Crippen LogP contribution in [0, 0.1) is 0 Å². The number of fused-ring (bicyclic) bond motifs is 2. The van der Waals surface area contributed by atoms with E-state index in [9.17, 15) is 0 Å². The van der Waals surface area contributed by atoms with Crippen LogP contribution in [0.4, 0.5) is 17.1 Å². The summed E-state index contributed by atoms with van der Waals surface area (Å²) in [5, 5.41) is 4.82. The summed E-state index contributed by atoms with van der Waals surface area (Å²) < 4.78 is 0. The van der Waals surface area contributed by atoms with Gasteiger partial charge in [0.2, 0.25) is 0 Å². The smallest absolute Gasteiger partial charge is 0.0540 e. The van der Waals surface area contributed by atoms with E-state index in [1.165, 1.54) is 77.2 Å². The van der Waals surface area contributed by atoms with Crippen LogP contribution in [0.1, 0.15) is 0 Å². The van der Waals surface area contributed by atoms with Crippen molar-refractivity contribution >= 4 is 38.6 Å². The first-order valence-electron chi connectivity index (χ1n) is 19.6. The number of anilines is 3. The van der Waals surface area contributed by atoms with Crippen LogP contribution < -0.4 is 4.90 Å². The van der Waals surface area contributed by atoms with Crippen LogP contribution in [-0.2, 0) is 0 Å². The van der Waals surface area contributed by atoms with Gasteiger partial charge < -0.3 is 4.90 Å². The molecule has 0 radical (unpaired) electrons. The van der Waals surface area contributed by atoms with Crippen LogP contribution in [0.15, 0.2) is 237 Å². The first-order chi connectivity index (χ1) is 28.3. The molecule has 10 rings (SSSR count). The van der Waals surface area contributed by atoms with Crippen molar-refractivity contribution in [1.82, 2.24) is 0 Å². The monoisotopic (exact) mass is 725 g/mol. The standard InChI is InChI=1S/C56H39N/c1-3-16-40(17-4-1)41-32-35-47(36-33-41)57(56-29-15-21-43-20-7-8-24-51(43)56)48-37-34-44-38-46(31-30-45(44)39-48)50-23-10-12-26-53(50)55-28-14-13-27-54(55)52-25-11-9-22-49(52)42-18-5-2-6-19-42/h1-39H. The Morgan fingerprint density at radius 1 is 0.228 bits per heavy atom. The second-order valence-corrected chi connectivity index (χ2v) is 14.5. The zero-order valence-corrected chi connectivity index (χ0v) is 31.5. The highest BCUT2D eigenvalue weighted by Crippen LogP contribution is 2.44. The molecule has 0 unspecified atom stereocenters. The Morgan fingerprint density at radius 3 is 1.33 bits per heavy atom. The van der Waals surface area contributed by atoms with E-state index < -0.39 is 0 Å². The summed E-state index contributed by atoms with van der Waals surface area (Å²) in [5.74, 6) is 0. The maximum atomic E-state index is 2.39. The predicted octanol–water partition coefficient (Wildman–Crippen LogP) is 15.8. The molecule has 0 fully saturated rings. The van der Waals surface area contributed by atoms with E-state index >= 15 is 0 Å². The summed E-state index contributed by atoms with van der Waals surface area (Å²) in [6.45, 7) is 0. The molecule has 0 aliphatic carbocycles. The Kier molecular flexibility index (Phi) is 8.95. The van der Waals surface area contributed by atoms with Crippen molar-refractivity contribution in [1.29, 1.82) is 0 Å². The van der Waals surface area contributed by atoms with Gasteiger partial charge in [0.15, 0.2) is 0 Å². The van der Waals surface area contributed by atoms with Gasteiger partial charge in [0.05, 0.1) is 5.69 Å². The fourth-order valence-corrected chi connectivity index (χ4v) is 8.31. The lowest BCUT2D eigenvalue weighted by Crippen LogP contribution is -2.10. The van der Waals surface area contributed by atoms with E-state index in [0.29, 0.717) is 0 Å². The highest BCUT2D eigenvalue weighted by Gasteiger charge is 2.18. The molecule has 0 heterocycles. The van der Waals surface area contributed by atoms with E-state index in [-0.39, 0.29) is 0 Å². The highest BCUT2D eigenvalue weighted by molar-refractivity contribution is 6.01. The highest BCUT2D eigenvalue weighted by atomic mass is 15.1. The first-order valence-corrected chi connectivity index (χ1v) is 19.6. The Hall–Kier alpha value is -7.48. The zero-order chi connectivity index (χ0) is 38.0. The molecule has 10 aromatic rings. The lowest BCUT2D eigenvalue weighted by molar-refractivity contribution is 1.30. The van der Waals surface area contributed by atoms with Crippen molar-refractivity contribution < 1.29 is 0 Å². The number of benzene rings is 10. The molecule has 1 heteroatoms. The Labute approximate surface area is 334 Å². The van der Waals surface area contributed by atoms with E-state index in [0.717, 1.165) is 17.1 Å². The largest absolute Gasteiger partial charge is 0.310 e. The van der Waals surface area contributed by atoms with Crippen LogP contribution in [0.25, 0.3) is 77.2 Å². The van der Waals surface area contributed by atoms with E-state index in [4.69, 9.17) is 0 Å². The molecule has 0 atom stereocenters. The normalized spacial score (nSPS) is 11.2. The van der Waals surface area contributed by atoms with Gasteiger partial charge in [-0.1, -0.05) is 200 Å². The van der Waals surface area contributed by atoms with Crippen molar-refractivity contribution in [3.05, 3.63) is 237 Å². The number of rotatable bonds is 8. The fraction of sp³-hybridized carbons (Fsp3) is 0. The van der Waals surface area contributed by atoms with E-state index in [2.05, 4.69) is 241 Å². The Bertz CT molecular complexity index is 2990. The first kappa shape index (κ1) is 34.0. The lowest BCUT2D eigenvalue weighted by Gasteiger charge is -2.27. The fourth-order valence-electron chi connectivity index (χ4n) is 8.31. The maximum absolute atomic E-state index is 2.39. The third-order valence-electron chi connectivity index (χ3n) is 11.1. The van der Waals surface area contributed by atoms with Gasteiger partial charge in [0.1, 0.15) is 0 Å². The van der Waals surface area contributed by atoms with E-state index in [1.807, 2.05) is 0 Å². The summed E-state index contributed by atoms with van der Waals surface area (Å²) in [6.07, 6.45) is 0. The van der Waals surface area contributed by atoms with Crippen LogP contribution in [0.3, 0.4) is 0 Å². The molecule has 0 bridgehead atoms. The van der Waals surface area contributed by atoms with Gasteiger partial charge in [-0.3, -0.25) is 0 Å². The van der Waals surface area contributed by atoms with Crippen molar-refractivity contribution in [3.63, 3.8) is 0 Å². The summed E-state index contributed by atoms with van der Waals surface area (Å²) in [7, 11) is 0. The van der Waals surface area contributed by atoms with E-state index in [1.54, 1.807) is 0 Å². The third kappa shape index (κ3) is 6.56. The molecule has 268 valence electrons. The topological polar surface area (TPSA) is 3.24 Å². The van der Waals surface area contributed by atoms with Crippen molar-refractivity contribution in [2.24, 2.45) is 0 Å². The molecular formula is C56H39N. The second kappa shape index (κ2) is 15.0. The molecule has 0 amide bonds. The minimum Gasteiger partial charge on any atom is -0.310 e. The van der Waals surface area contributed by atoms with Gasteiger partial charge in [-0.15, -0.1) is 0 Å². The molecule has 0 aromatic heterocycles. The van der Waals surface area contributed by atoms with Crippen LogP contribution >= 0.6 is 0 Å². The average molecular weight is 726 g/mol. The molecule has 0 N–H and O–H groups in total. The Morgan fingerprint density at radius 2 is 0.667 bits per heavy atom. The molecule has 1 nitrogen and oxygen atoms in total. The predicted molar refractivity (Wildman–Crippen MR) is 243 cm³/mol. The van der Waals surface area contributed by atoms with Crippen molar-refractivity contribution in [2.75, 3.05) is 4.90 Å². The second-order valence-electron chi connectivity index (χ2n) is 14.5. The minimum atomic E-state index is 1.11. The molecule has 10 aromatic carbocycles. The zero-order valence-electron chi connectivity index (χ0n) is 31.5. The number of hydrogen-bond donors (Lipinski definition) is 0. The van der Waals surface area contributed by atoms with Gasteiger partial charge in [0, 0.05) is 16.8 Å². The summed E-state index contributed by atoms with van der Waals surface area (Å²) in [4.78, 5) is 2.39. The van der Waals surface area contributed by atoms with Gasteiger partial charge in [-0.05, 0) is 108 Å². The van der Waals surface area contributed by atoms with Crippen LogP contribution in [0.5, 0.6) is 0 Å². The van der Waals surface area contributed by atoms with Crippen molar-refractivity contribution in [2.45, 2.75) is 0 Å². The summed E-state index contributed by atoms with van der Waals surface area (Å²) in [6, 6.07) is 85.6. The number of hydrogen-bond acceptors (Lipinski definition) is 1. The molecule has 0 spiro atoms. The molecule has 0 aliphatic heterocycles. The van der Waals surface area contributed by atoms with Gasteiger partial charge in [-0.25, -0.2) is 0 Å². The minimum absolute atomic E-state index is 1.11. The summed E-state index contributed by atoms with van der Waals surface area (Å²) in [5.41, 5.74) is 15.5. The van der Waals surface area contributed by atoms with Crippen LogP contribution in [0.2, 0.25) is 0 Å². The molecule has 57 heavy (non-hydrogen) atoms. The maximum Gasteiger partial charge on any atom is 0.0540 e. The number of nitrogens with zero attached hydrogens (tertiary/aromatic N) is 1. The summed E-state index contributed by atoms with van der Waals surface area (Å²) >= 11 is 0. The van der Waals surface area contributed by atoms with Gasteiger partial charge >= 0.3 is 0 Å². The van der Waals surface area contributed by atoms with Crippen LogP contribution in [-0.4, -0.2) is 0 Å². The molecule has 0 saturated heterocycles. The van der Waals surface area contributed by atoms with Gasteiger partial charge in [0.25, 0.3) is 0 Å². The quantitative estimate of drug-likeness (QED) is 0.151. The lowest BCUT2D eigenvalue weighted by atomic mass is 9.86. The average Bonchev–Trinajstić information content (AvgIpc) is 3.30. The molecule has 0 aliphatic rings. The van der Waals surface area contributed by atoms with Gasteiger partial charge in [-0.2, -0.15) is 0 Å². The third-order valence-corrected chi connectivity index (χ3v) is 11.1. The Balaban J connectivity index is 1.06.